The molecule has 0 amide bonds. The van der Waals surface area contributed by atoms with Crippen LogP contribution in [0.2, 0.25) is 0 Å². The second kappa shape index (κ2) is 6.10. The second-order valence-corrected chi connectivity index (χ2v) is 3.45. The minimum atomic E-state index is -1.03. The third kappa shape index (κ3) is 3.10. The Bertz CT molecular complexity index is 388. The molecule has 17 heavy (non-hydrogen) atoms. The number of hydrogen-bond donors (Lipinski definition) is 2. The zero-order chi connectivity index (χ0) is 12.8. The highest BCUT2D eigenvalue weighted by atomic mass is 16.5. The van der Waals surface area contributed by atoms with Crippen LogP contribution < -0.4 is 9.47 Å². The van der Waals surface area contributed by atoms with Gasteiger partial charge in [0.25, 0.3) is 0 Å². The number of benzene rings is 1. The molecule has 0 aliphatic rings. The van der Waals surface area contributed by atoms with E-state index in [0.29, 0.717) is 23.5 Å². The summed E-state index contributed by atoms with van der Waals surface area (Å²) in [5.74, 6) is -0.217. The van der Waals surface area contributed by atoms with Crippen LogP contribution in [0.15, 0.2) is 18.2 Å². The van der Waals surface area contributed by atoms with Gasteiger partial charge in [0.2, 0.25) is 0 Å². The van der Waals surface area contributed by atoms with Crippen LogP contribution in [-0.4, -0.2) is 29.4 Å². The van der Waals surface area contributed by atoms with Crippen molar-refractivity contribution in [2.45, 2.75) is 26.1 Å². The molecule has 0 heterocycles. The Kier molecular flexibility index (Phi) is 4.78. The number of methoxy groups -OCH3 is 1. The number of ether oxygens (including phenoxy) is 2. The maximum Gasteiger partial charge on any atom is 0.344 e. The summed E-state index contributed by atoms with van der Waals surface area (Å²) in [5.41, 5.74) is 0.453. The van der Waals surface area contributed by atoms with Crippen LogP contribution in [0.3, 0.4) is 0 Å². The summed E-state index contributed by atoms with van der Waals surface area (Å²) in [7, 11) is 1.48. The minimum absolute atomic E-state index is 0.268. The van der Waals surface area contributed by atoms with Crippen LogP contribution in [0.4, 0.5) is 0 Å². The topological polar surface area (TPSA) is 76.0 Å². The smallest absolute Gasteiger partial charge is 0.344 e. The molecule has 5 heteroatoms. The number of carboxylic acid groups (broad SMARTS) is 1. The van der Waals surface area contributed by atoms with Crippen LogP contribution >= 0.6 is 0 Å². The Labute approximate surface area is 99.6 Å². The Balaban J connectivity index is 3.01. The first-order chi connectivity index (χ1) is 8.13. The Hall–Kier alpha value is -1.75. The van der Waals surface area contributed by atoms with Gasteiger partial charge in [-0.15, -0.1) is 0 Å². The van der Waals surface area contributed by atoms with Crippen molar-refractivity contribution in [2.75, 3.05) is 7.11 Å². The quantitative estimate of drug-likeness (QED) is 0.786. The Morgan fingerprint density at radius 2 is 2.06 bits per heavy atom. The standard InChI is InChI=1S/C12H16O5/c1-3-9(12(14)15)17-11-6-4-5-10(16-2)8(11)7-13/h4-6,9,13H,3,7H2,1-2H3,(H,14,15). The minimum Gasteiger partial charge on any atom is -0.496 e. The van der Waals surface area contributed by atoms with E-state index in [4.69, 9.17) is 14.6 Å². The molecule has 0 aliphatic heterocycles. The molecule has 94 valence electrons. The molecule has 1 aromatic rings. The van der Waals surface area contributed by atoms with Crippen LogP contribution in [0.1, 0.15) is 18.9 Å². The van der Waals surface area contributed by atoms with E-state index in [1.165, 1.54) is 7.11 Å². The normalized spacial score (nSPS) is 11.9. The maximum atomic E-state index is 10.9. The van der Waals surface area contributed by atoms with E-state index in [-0.39, 0.29) is 6.61 Å². The zero-order valence-corrected chi connectivity index (χ0v) is 9.84. The average Bonchev–Trinajstić information content (AvgIpc) is 2.34. The number of aliphatic carboxylic acids is 1. The lowest BCUT2D eigenvalue weighted by atomic mass is 10.2. The predicted octanol–water partition coefficient (Wildman–Crippen LogP) is 1.43. The average molecular weight is 240 g/mol. The zero-order valence-electron chi connectivity index (χ0n) is 9.84. The summed E-state index contributed by atoms with van der Waals surface area (Å²) >= 11 is 0. The summed E-state index contributed by atoms with van der Waals surface area (Å²) in [6.45, 7) is 1.45. The Morgan fingerprint density at radius 1 is 1.41 bits per heavy atom. The van der Waals surface area contributed by atoms with Crippen molar-refractivity contribution in [3.8, 4) is 11.5 Å². The SMILES string of the molecule is CCC(Oc1cccc(OC)c1CO)C(=O)O. The first kappa shape index (κ1) is 13.3. The summed E-state index contributed by atoms with van der Waals surface area (Å²) in [6.07, 6.45) is -0.579. The molecule has 0 bridgehead atoms. The van der Waals surface area contributed by atoms with Gasteiger partial charge >= 0.3 is 5.97 Å². The maximum absolute atomic E-state index is 10.9. The van der Waals surface area contributed by atoms with Gasteiger partial charge in [0.15, 0.2) is 6.10 Å². The molecular formula is C12H16O5. The van der Waals surface area contributed by atoms with Crippen molar-refractivity contribution in [1.29, 1.82) is 0 Å². The lowest BCUT2D eigenvalue weighted by molar-refractivity contribution is -0.145. The predicted molar refractivity (Wildman–Crippen MR) is 61.3 cm³/mol. The second-order valence-electron chi connectivity index (χ2n) is 3.45. The third-order valence-electron chi connectivity index (χ3n) is 2.38. The van der Waals surface area contributed by atoms with Gasteiger partial charge in [0.1, 0.15) is 11.5 Å². The number of carboxylic acids is 1. The van der Waals surface area contributed by atoms with Crippen molar-refractivity contribution in [3.05, 3.63) is 23.8 Å². The molecule has 0 fully saturated rings. The van der Waals surface area contributed by atoms with Crippen LogP contribution in [-0.2, 0) is 11.4 Å². The molecule has 0 saturated carbocycles. The van der Waals surface area contributed by atoms with E-state index in [0.717, 1.165) is 0 Å². The third-order valence-corrected chi connectivity index (χ3v) is 2.38. The summed E-state index contributed by atoms with van der Waals surface area (Å²) in [6, 6.07) is 4.97. The molecular weight excluding hydrogens is 224 g/mol. The van der Waals surface area contributed by atoms with Crippen molar-refractivity contribution >= 4 is 5.97 Å². The largest absolute Gasteiger partial charge is 0.496 e. The summed E-state index contributed by atoms with van der Waals surface area (Å²) in [4.78, 5) is 10.9. The van der Waals surface area contributed by atoms with E-state index in [2.05, 4.69) is 0 Å². The first-order valence-electron chi connectivity index (χ1n) is 5.30. The lowest BCUT2D eigenvalue weighted by Crippen LogP contribution is -2.26. The van der Waals surface area contributed by atoms with Gasteiger partial charge in [-0.25, -0.2) is 4.79 Å². The molecule has 0 aliphatic carbocycles. The summed E-state index contributed by atoms with van der Waals surface area (Å²) < 4.78 is 10.4. The van der Waals surface area contributed by atoms with Gasteiger partial charge < -0.3 is 19.7 Å². The molecule has 1 aromatic carbocycles. The number of aliphatic hydroxyl groups is 1. The number of carbonyl (C=O) groups is 1. The molecule has 1 atom stereocenters. The molecule has 0 saturated heterocycles. The molecule has 5 nitrogen and oxygen atoms in total. The van der Waals surface area contributed by atoms with Gasteiger partial charge in [0, 0.05) is 0 Å². The highest BCUT2D eigenvalue weighted by molar-refractivity contribution is 5.72. The van der Waals surface area contributed by atoms with E-state index in [1.54, 1.807) is 25.1 Å². The molecule has 0 radical (unpaired) electrons. The van der Waals surface area contributed by atoms with Gasteiger partial charge in [-0.05, 0) is 18.6 Å². The van der Waals surface area contributed by atoms with Gasteiger partial charge in [-0.2, -0.15) is 0 Å². The molecule has 0 spiro atoms. The van der Waals surface area contributed by atoms with Crippen molar-refractivity contribution in [2.24, 2.45) is 0 Å². The lowest BCUT2D eigenvalue weighted by Gasteiger charge is -2.17. The van der Waals surface area contributed by atoms with Gasteiger partial charge in [-0.1, -0.05) is 13.0 Å². The van der Waals surface area contributed by atoms with Crippen LogP contribution in [0.25, 0.3) is 0 Å². The molecule has 1 rings (SSSR count). The van der Waals surface area contributed by atoms with Crippen LogP contribution in [0.5, 0.6) is 11.5 Å². The number of rotatable bonds is 6. The van der Waals surface area contributed by atoms with E-state index >= 15 is 0 Å². The molecule has 1 unspecified atom stereocenters. The fourth-order valence-corrected chi connectivity index (χ4v) is 1.46. The monoisotopic (exact) mass is 240 g/mol. The van der Waals surface area contributed by atoms with Gasteiger partial charge in [-0.3, -0.25) is 0 Å². The van der Waals surface area contributed by atoms with Crippen molar-refractivity contribution in [3.63, 3.8) is 0 Å². The highest BCUT2D eigenvalue weighted by Gasteiger charge is 2.19. The fourth-order valence-electron chi connectivity index (χ4n) is 1.46. The van der Waals surface area contributed by atoms with Gasteiger partial charge in [0.05, 0.1) is 19.3 Å². The molecule has 2 N–H and O–H groups in total. The first-order valence-corrected chi connectivity index (χ1v) is 5.30. The van der Waals surface area contributed by atoms with E-state index < -0.39 is 12.1 Å². The van der Waals surface area contributed by atoms with E-state index in [9.17, 15) is 9.90 Å². The fraction of sp³-hybridized carbons (Fsp3) is 0.417. The van der Waals surface area contributed by atoms with Crippen molar-refractivity contribution < 1.29 is 24.5 Å². The summed E-state index contributed by atoms with van der Waals surface area (Å²) in [5, 5.41) is 18.2. The number of aliphatic hydroxyl groups excluding tert-OH is 1. The molecule has 0 aromatic heterocycles. The highest BCUT2D eigenvalue weighted by Crippen LogP contribution is 2.29. The van der Waals surface area contributed by atoms with E-state index in [1.807, 2.05) is 0 Å². The van der Waals surface area contributed by atoms with Crippen molar-refractivity contribution in [1.82, 2.24) is 0 Å². The van der Waals surface area contributed by atoms with Crippen LogP contribution in [0, 0.1) is 0 Å². The number of hydrogen-bond acceptors (Lipinski definition) is 4. The Morgan fingerprint density at radius 3 is 2.53 bits per heavy atom.